The fourth-order valence-electron chi connectivity index (χ4n) is 4.51. The topological polar surface area (TPSA) is 119 Å². The molecule has 0 saturated carbocycles. The number of alkyl halides is 3. The normalized spacial score (nSPS) is 15.9. The molecule has 0 aliphatic carbocycles. The zero-order valence-electron chi connectivity index (χ0n) is 22.5. The van der Waals surface area contributed by atoms with E-state index < -0.39 is 22.2 Å². The van der Waals surface area contributed by atoms with Crippen LogP contribution in [-0.2, 0) is 21.2 Å². The van der Waals surface area contributed by atoms with E-state index in [9.17, 15) is 26.4 Å². The van der Waals surface area contributed by atoms with E-state index >= 15 is 0 Å². The standard InChI is InChI=1S/C25H34N4O3S.C2HF3O2/c1-19(2)17-20-5-8-22(9-6-20)33(31,32)27-23-18-21(25(30)29-13-3-4-14-29)7-10-24(23)28-15-11-26-12-16-28;3-2(4,5)1(6)7/h5-10,18-19,26-27H,3-4,11-17H2,1-2H3;(H,6,7). The van der Waals surface area contributed by atoms with Crippen molar-refractivity contribution >= 4 is 33.3 Å². The van der Waals surface area contributed by atoms with Gasteiger partial charge in [0.25, 0.3) is 15.9 Å². The van der Waals surface area contributed by atoms with Crippen LogP contribution in [-0.4, -0.2) is 75.7 Å². The SMILES string of the molecule is CC(C)Cc1ccc(S(=O)(=O)Nc2cc(C(=O)N3CCCC3)ccc2N2CCNCC2)cc1.O=C(O)C(F)(F)F. The molecule has 40 heavy (non-hydrogen) atoms. The number of carbonyl (C=O) groups excluding carboxylic acids is 1. The van der Waals surface area contributed by atoms with E-state index in [2.05, 4.69) is 28.8 Å². The largest absolute Gasteiger partial charge is 0.490 e. The van der Waals surface area contributed by atoms with Crippen LogP contribution in [0.2, 0.25) is 0 Å². The van der Waals surface area contributed by atoms with Crippen molar-refractivity contribution in [2.24, 2.45) is 5.92 Å². The Bertz CT molecular complexity index is 1270. The van der Waals surface area contributed by atoms with Crippen molar-refractivity contribution in [3.63, 3.8) is 0 Å². The van der Waals surface area contributed by atoms with Gasteiger partial charge in [0.2, 0.25) is 0 Å². The maximum atomic E-state index is 13.3. The Balaban J connectivity index is 0.000000559. The number of nitrogens with zero attached hydrogens (tertiary/aromatic N) is 2. The molecule has 4 rings (SSSR count). The van der Waals surface area contributed by atoms with Crippen LogP contribution in [0, 0.1) is 5.92 Å². The minimum absolute atomic E-state index is 0.0437. The predicted octanol–water partition coefficient (Wildman–Crippen LogP) is 3.96. The molecule has 2 aromatic carbocycles. The molecule has 0 spiro atoms. The third-order valence-corrected chi connectivity index (χ3v) is 7.84. The summed E-state index contributed by atoms with van der Waals surface area (Å²) in [6, 6.07) is 12.4. The highest BCUT2D eigenvalue weighted by Gasteiger charge is 2.38. The van der Waals surface area contributed by atoms with Crippen LogP contribution >= 0.6 is 0 Å². The summed E-state index contributed by atoms with van der Waals surface area (Å²) in [7, 11) is -3.80. The molecule has 3 N–H and O–H groups in total. The smallest absolute Gasteiger partial charge is 0.475 e. The lowest BCUT2D eigenvalue weighted by Gasteiger charge is -2.31. The van der Waals surface area contributed by atoms with Gasteiger partial charge in [0, 0.05) is 44.8 Å². The highest BCUT2D eigenvalue weighted by Crippen LogP contribution is 2.31. The highest BCUT2D eigenvalue weighted by molar-refractivity contribution is 7.92. The molecule has 0 aromatic heterocycles. The molecule has 2 aliphatic heterocycles. The van der Waals surface area contributed by atoms with Gasteiger partial charge < -0.3 is 20.2 Å². The third-order valence-electron chi connectivity index (χ3n) is 6.46. The fraction of sp³-hybridized carbons (Fsp3) is 0.481. The van der Waals surface area contributed by atoms with Crippen molar-refractivity contribution in [2.75, 3.05) is 48.9 Å². The Kier molecular flexibility index (Phi) is 10.4. The Labute approximate surface area is 232 Å². The quantitative estimate of drug-likeness (QED) is 0.451. The Morgan fingerprint density at radius 1 is 1.00 bits per heavy atom. The van der Waals surface area contributed by atoms with Crippen molar-refractivity contribution in [1.82, 2.24) is 10.2 Å². The monoisotopic (exact) mass is 584 g/mol. The van der Waals surface area contributed by atoms with E-state index in [-0.39, 0.29) is 10.8 Å². The fourth-order valence-corrected chi connectivity index (χ4v) is 5.58. The summed E-state index contributed by atoms with van der Waals surface area (Å²) in [5.74, 6) is -2.30. The molecule has 0 bridgehead atoms. The molecular weight excluding hydrogens is 549 g/mol. The molecule has 2 heterocycles. The molecule has 2 fully saturated rings. The van der Waals surface area contributed by atoms with Crippen molar-refractivity contribution in [2.45, 2.75) is 44.2 Å². The minimum atomic E-state index is -5.08. The summed E-state index contributed by atoms with van der Waals surface area (Å²) in [5.41, 5.74) is 2.88. The van der Waals surface area contributed by atoms with Crippen LogP contribution in [0.1, 0.15) is 42.6 Å². The van der Waals surface area contributed by atoms with Crippen LogP contribution in [0.15, 0.2) is 47.4 Å². The number of hydrogen-bond acceptors (Lipinski definition) is 6. The number of carboxylic acid groups (broad SMARTS) is 1. The van der Waals surface area contributed by atoms with E-state index in [1.54, 1.807) is 18.2 Å². The van der Waals surface area contributed by atoms with E-state index in [0.717, 1.165) is 69.8 Å². The number of rotatable bonds is 7. The number of piperazine rings is 1. The Morgan fingerprint density at radius 3 is 2.10 bits per heavy atom. The first-order chi connectivity index (χ1) is 18.8. The molecule has 2 saturated heterocycles. The second kappa shape index (κ2) is 13.4. The lowest BCUT2D eigenvalue weighted by molar-refractivity contribution is -0.192. The molecule has 13 heteroatoms. The van der Waals surface area contributed by atoms with Gasteiger partial charge in [-0.3, -0.25) is 9.52 Å². The average Bonchev–Trinajstić information content (AvgIpc) is 3.43. The van der Waals surface area contributed by atoms with Crippen LogP contribution in [0.25, 0.3) is 0 Å². The number of carbonyl (C=O) groups is 2. The number of likely N-dealkylation sites (tertiary alicyclic amines) is 1. The summed E-state index contributed by atoms with van der Waals surface area (Å²) in [4.78, 5) is 26.1. The number of amides is 1. The first-order valence-corrected chi connectivity index (χ1v) is 14.6. The van der Waals surface area contributed by atoms with Crippen molar-refractivity contribution in [3.8, 4) is 0 Å². The molecule has 1 amide bonds. The summed E-state index contributed by atoms with van der Waals surface area (Å²) < 4.78 is 61.1. The van der Waals surface area contributed by atoms with Gasteiger partial charge in [0.1, 0.15) is 0 Å². The average molecular weight is 585 g/mol. The highest BCUT2D eigenvalue weighted by atomic mass is 32.2. The molecule has 220 valence electrons. The lowest BCUT2D eigenvalue weighted by atomic mass is 10.0. The maximum absolute atomic E-state index is 13.3. The number of aliphatic carboxylic acids is 1. The van der Waals surface area contributed by atoms with Crippen LogP contribution < -0.4 is 14.9 Å². The zero-order chi connectivity index (χ0) is 29.5. The first kappa shape index (κ1) is 31.2. The summed E-state index contributed by atoms with van der Waals surface area (Å²) in [6.07, 6.45) is -2.16. The third kappa shape index (κ3) is 8.59. The van der Waals surface area contributed by atoms with Gasteiger partial charge in [0.05, 0.1) is 16.3 Å². The molecule has 0 radical (unpaired) electrons. The van der Waals surface area contributed by atoms with E-state index in [1.807, 2.05) is 29.2 Å². The van der Waals surface area contributed by atoms with Gasteiger partial charge in [-0.15, -0.1) is 0 Å². The number of halogens is 3. The molecule has 2 aromatic rings. The molecular formula is C27H35F3N4O5S. The van der Waals surface area contributed by atoms with Crippen molar-refractivity contribution in [1.29, 1.82) is 0 Å². The summed E-state index contributed by atoms with van der Waals surface area (Å²) in [6.45, 7) is 9.00. The lowest BCUT2D eigenvalue weighted by Crippen LogP contribution is -2.43. The maximum Gasteiger partial charge on any atom is 0.490 e. The molecule has 0 unspecified atom stereocenters. The van der Waals surface area contributed by atoms with Crippen LogP contribution in [0.3, 0.4) is 0 Å². The van der Waals surface area contributed by atoms with Crippen molar-refractivity contribution < 1.29 is 36.3 Å². The van der Waals surface area contributed by atoms with Gasteiger partial charge in [-0.2, -0.15) is 13.2 Å². The second-order valence-electron chi connectivity index (χ2n) is 10.1. The summed E-state index contributed by atoms with van der Waals surface area (Å²) >= 11 is 0. The first-order valence-electron chi connectivity index (χ1n) is 13.1. The van der Waals surface area contributed by atoms with E-state index in [4.69, 9.17) is 9.90 Å². The Hall–Kier alpha value is -3.32. The van der Waals surface area contributed by atoms with Gasteiger partial charge in [0.15, 0.2) is 0 Å². The van der Waals surface area contributed by atoms with E-state index in [1.165, 1.54) is 0 Å². The molecule has 2 aliphatic rings. The van der Waals surface area contributed by atoms with Gasteiger partial charge in [-0.25, -0.2) is 13.2 Å². The van der Waals surface area contributed by atoms with E-state index in [0.29, 0.717) is 17.2 Å². The molecule has 0 atom stereocenters. The number of benzene rings is 2. The van der Waals surface area contributed by atoms with Gasteiger partial charge >= 0.3 is 12.1 Å². The number of anilines is 2. The van der Waals surface area contributed by atoms with Crippen LogP contribution in [0.5, 0.6) is 0 Å². The predicted molar refractivity (Wildman–Crippen MR) is 146 cm³/mol. The molecule has 9 nitrogen and oxygen atoms in total. The number of carboxylic acids is 1. The van der Waals surface area contributed by atoms with Crippen molar-refractivity contribution in [3.05, 3.63) is 53.6 Å². The second-order valence-corrected chi connectivity index (χ2v) is 11.8. The number of sulfonamides is 1. The number of nitrogens with one attached hydrogen (secondary N) is 2. The van der Waals surface area contributed by atoms with Gasteiger partial charge in [-0.05, 0) is 61.1 Å². The Morgan fingerprint density at radius 2 is 1.57 bits per heavy atom. The zero-order valence-corrected chi connectivity index (χ0v) is 23.3. The number of hydrogen-bond donors (Lipinski definition) is 3. The van der Waals surface area contributed by atoms with Gasteiger partial charge in [-0.1, -0.05) is 26.0 Å². The van der Waals surface area contributed by atoms with Crippen LogP contribution in [0.4, 0.5) is 24.5 Å². The minimum Gasteiger partial charge on any atom is -0.475 e. The summed E-state index contributed by atoms with van der Waals surface area (Å²) in [5, 5.41) is 10.4.